The molecule has 0 radical (unpaired) electrons. The van der Waals surface area contributed by atoms with Gasteiger partial charge in [-0.25, -0.2) is 9.78 Å². The summed E-state index contributed by atoms with van der Waals surface area (Å²) in [5.74, 6) is 3.44. The predicted octanol–water partition coefficient (Wildman–Crippen LogP) is 5.82. The van der Waals surface area contributed by atoms with Gasteiger partial charge in [0.1, 0.15) is 11.2 Å². The van der Waals surface area contributed by atoms with Crippen LogP contribution < -0.4 is 0 Å². The van der Waals surface area contributed by atoms with Gasteiger partial charge >= 0.3 is 0 Å². The molecular formula is C25H40O3. The molecule has 28 heavy (non-hydrogen) atoms. The lowest BCUT2D eigenvalue weighted by atomic mass is 9.46. The third kappa shape index (κ3) is 2.72. The first-order valence-electron chi connectivity index (χ1n) is 12.1. The minimum absolute atomic E-state index is 0.0435. The summed E-state index contributed by atoms with van der Waals surface area (Å²) >= 11 is 0. The minimum Gasteiger partial charge on any atom is -0.393 e. The highest BCUT2D eigenvalue weighted by molar-refractivity contribution is 5.18. The van der Waals surface area contributed by atoms with Crippen LogP contribution >= 0.6 is 0 Å². The van der Waals surface area contributed by atoms with E-state index in [1.165, 1.54) is 38.5 Å². The van der Waals surface area contributed by atoms with Crippen molar-refractivity contribution >= 4 is 0 Å². The Bertz CT molecular complexity index is 617. The van der Waals surface area contributed by atoms with Crippen molar-refractivity contribution in [2.75, 3.05) is 0 Å². The summed E-state index contributed by atoms with van der Waals surface area (Å²) in [4.78, 5) is 12.7. The van der Waals surface area contributed by atoms with Gasteiger partial charge in [0.15, 0.2) is 0 Å². The maximum Gasteiger partial charge on any atom is 0.110 e. The zero-order valence-electron chi connectivity index (χ0n) is 18.2. The Morgan fingerprint density at radius 1 is 0.964 bits per heavy atom. The third-order valence-electron chi connectivity index (χ3n) is 9.79. The highest BCUT2D eigenvalue weighted by atomic mass is 17.2. The molecule has 0 amide bonds. The zero-order valence-corrected chi connectivity index (χ0v) is 18.2. The molecule has 0 aromatic carbocycles. The average molecular weight is 389 g/mol. The first kappa shape index (κ1) is 19.6. The van der Waals surface area contributed by atoms with Crippen molar-refractivity contribution in [2.24, 2.45) is 35.0 Å². The molecule has 8 atom stereocenters. The van der Waals surface area contributed by atoms with Crippen LogP contribution in [0.15, 0.2) is 12.2 Å². The van der Waals surface area contributed by atoms with Crippen LogP contribution in [-0.2, 0) is 9.78 Å². The van der Waals surface area contributed by atoms with Crippen LogP contribution in [0.4, 0.5) is 0 Å². The van der Waals surface area contributed by atoms with Gasteiger partial charge in [-0.05, 0) is 99.2 Å². The van der Waals surface area contributed by atoms with Crippen LogP contribution in [-0.4, -0.2) is 22.4 Å². The summed E-state index contributed by atoms with van der Waals surface area (Å²) in [6.07, 6.45) is 17.5. The molecule has 1 N–H and O–H groups in total. The lowest BCUT2D eigenvalue weighted by Crippen LogP contribution is -2.71. The predicted molar refractivity (Wildman–Crippen MR) is 110 cm³/mol. The van der Waals surface area contributed by atoms with Gasteiger partial charge in [0, 0.05) is 6.42 Å². The van der Waals surface area contributed by atoms with E-state index in [1.54, 1.807) is 0 Å². The normalized spacial score (nSPS) is 52.7. The molecule has 2 aliphatic heterocycles. The summed E-state index contributed by atoms with van der Waals surface area (Å²) in [5.41, 5.74) is 0.168. The van der Waals surface area contributed by atoms with Crippen molar-refractivity contribution < 1.29 is 14.9 Å². The van der Waals surface area contributed by atoms with Crippen molar-refractivity contribution in [3.8, 4) is 0 Å². The Hall–Kier alpha value is -0.380. The molecule has 6 aliphatic rings. The number of aliphatic hydroxyl groups is 1. The molecule has 0 unspecified atom stereocenters. The average Bonchev–Trinajstić information content (AvgIpc) is 3.01. The molecule has 4 aliphatic carbocycles. The molecule has 4 saturated carbocycles. The van der Waals surface area contributed by atoms with Crippen molar-refractivity contribution in [3.05, 3.63) is 12.2 Å². The number of allylic oxidation sites excluding steroid dienone is 2. The molecule has 2 heterocycles. The summed E-state index contributed by atoms with van der Waals surface area (Å²) in [6.45, 7) is 7.16. The molecule has 6 fully saturated rings. The van der Waals surface area contributed by atoms with Gasteiger partial charge in [-0.2, -0.15) is 0 Å². The summed E-state index contributed by atoms with van der Waals surface area (Å²) in [7, 11) is 0. The Labute approximate surface area is 171 Å². The number of hydrogen-bond acceptors (Lipinski definition) is 3. The second kappa shape index (κ2) is 6.82. The maximum atomic E-state index is 10.3. The van der Waals surface area contributed by atoms with Gasteiger partial charge in [0.2, 0.25) is 0 Å². The Morgan fingerprint density at radius 3 is 2.57 bits per heavy atom. The van der Waals surface area contributed by atoms with Crippen LogP contribution in [0.1, 0.15) is 91.4 Å². The molecule has 2 bridgehead atoms. The molecule has 3 nitrogen and oxygen atoms in total. The third-order valence-corrected chi connectivity index (χ3v) is 9.79. The monoisotopic (exact) mass is 388 g/mol. The van der Waals surface area contributed by atoms with E-state index in [-0.39, 0.29) is 17.3 Å². The number of fused-ring (bicyclic) bond motifs is 3. The van der Waals surface area contributed by atoms with Gasteiger partial charge in [0.25, 0.3) is 0 Å². The fourth-order valence-corrected chi connectivity index (χ4v) is 8.39. The van der Waals surface area contributed by atoms with Crippen LogP contribution in [0, 0.1) is 35.0 Å². The SMILES string of the molecule is CC(C)C/C=C/C[C@H]1CC[C@@H]2[C@]1(C)CC[C@@H]1[C@H]3CC[C@H](O)C[C@]34CC[C@@]12OO4. The summed E-state index contributed by atoms with van der Waals surface area (Å²) < 4.78 is 0. The van der Waals surface area contributed by atoms with Crippen molar-refractivity contribution in [3.63, 3.8) is 0 Å². The van der Waals surface area contributed by atoms with E-state index < -0.39 is 0 Å². The fraction of sp³-hybridized carbons (Fsp3) is 0.920. The molecule has 6 rings (SSSR count). The maximum absolute atomic E-state index is 10.3. The van der Waals surface area contributed by atoms with Crippen LogP contribution in [0.25, 0.3) is 0 Å². The van der Waals surface area contributed by atoms with Crippen LogP contribution in [0.2, 0.25) is 0 Å². The Balaban J connectivity index is 1.36. The number of aliphatic hydroxyl groups excluding tert-OH is 1. The van der Waals surface area contributed by atoms with Crippen LogP contribution in [0.3, 0.4) is 0 Å². The Morgan fingerprint density at radius 2 is 1.82 bits per heavy atom. The topological polar surface area (TPSA) is 38.7 Å². The molecule has 0 aromatic rings. The second-order valence-electron chi connectivity index (χ2n) is 11.5. The Kier molecular flexibility index (Phi) is 4.77. The zero-order chi connectivity index (χ0) is 19.6. The van der Waals surface area contributed by atoms with Crippen molar-refractivity contribution in [1.29, 1.82) is 0 Å². The highest BCUT2D eigenvalue weighted by Crippen LogP contribution is 2.70. The standard InChI is InChI=1S/C25H40O3/c1-17(2)6-4-5-7-18-8-11-22-23(18,3)13-12-21-20-10-9-19(26)16-24(20)14-15-25(21,22)28-27-24/h4-5,17-22,26H,6-16H2,1-3H3/b5-4+/t18-,19-,20+,21+,22+,23+,24+,25+/m0/s1. The minimum atomic E-state index is -0.201. The number of hydrogen-bond donors (Lipinski definition) is 1. The smallest absolute Gasteiger partial charge is 0.110 e. The lowest BCUT2D eigenvalue weighted by molar-refractivity contribution is -0.520. The van der Waals surface area contributed by atoms with Crippen LogP contribution in [0.5, 0.6) is 0 Å². The van der Waals surface area contributed by atoms with E-state index in [0.717, 1.165) is 43.9 Å². The summed E-state index contributed by atoms with van der Waals surface area (Å²) in [6, 6.07) is 0. The molecule has 158 valence electrons. The lowest BCUT2D eigenvalue weighted by Gasteiger charge is -2.68. The second-order valence-corrected chi connectivity index (χ2v) is 11.5. The van der Waals surface area contributed by atoms with Gasteiger partial charge in [-0.1, -0.05) is 32.9 Å². The first-order valence-corrected chi connectivity index (χ1v) is 12.1. The molecule has 3 heteroatoms. The highest BCUT2D eigenvalue weighted by Gasteiger charge is 2.71. The largest absolute Gasteiger partial charge is 0.393 e. The van der Waals surface area contributed by atoms with Gasteiger partial charge in [-0.15, -0.1) is 0 Å². The van der Waals surface area contributed by atoms with Gasteiger partial charge in [0.05, 0.1) is 6.10 Å². The van der Waals surface area contributed by atoms with E-state index in [0.29, 0.717) is 23.2 Å². The molecule has 2 spiro atoms. The van der Waals surface area contributed by atoms with Crippen molar-refractivity contribution in [1.82, 2.24) is 0 Å². The fourth-order valence-electron chi connectivity index (χ4n) is 8.39. The van der Waals surface area contributed by atoms with Gasteiger partial charge in [-0.3, -0.25) is 0 Å². The van der Waals surface area contributed by atoms with Gasteiger partial charge < -0.3 is 5.11 Å². The quantitative estimate of drug-likeness (QED) is 0.487. The number of rotatable bonds is 4. The van der Waals surface area contributed by atoms with E-state index in [2.05, 4.69) is 32.9 Å². The van der Waals surface area contributed by atoms with E-state index in [1.807, 2.05) is 0 Å². The van der Waals surface area contributed by atoms with E-state index in [9.17, 15) is 5.11 Å². The molecule has 2 saturated heterocycles. The van der Waals surface area contributed by atoms with E-state index >= 15 is 0 Å². The van der Waals surface area contributed by atoms with E-state index in [4.69, 9.17) is 9.78 Å². The van der Waals surface area contributed by atoms with Crippen molar-refractivity contribution in [2.45, 2.75) is 109 Å². The molecular weight excluding hydrogens is 348 g/mol. The summed E-state index contributed by atoms with van der Waals surface area (Å²) in [5, 5.41) is 10.3. The molecule has 0 aromatic heterocycles. The first-order chi connectivity index (χ1) is 13.4.